The van der Waals surface area contributed by atoms with E-state index in [-0.39, 0.29) is 6.04 Å². The van der Waals surface area contributed by atoms with E-state index in [1.54, 1.807) is 0 Å². The molecule has 106 valence electrons. The van der Waals surface area contributed by atoms with Crippen molar-refractivity contribution in [1.29, 1.82) is 0 Å². The lowest BCUT2D eigenvalue weighted by Crippen LogP contribution is -2.44. The molecule has 1 aliphatic rings. The SMILES string of the molecule is CCCC1CCCCN1C(CN)c1ccccc1Cl. The summed E-state index contributed by atoms with van der Waals surface area (Å²) in [5.41, 5.74) is 7.25. The molecule has 0 bridgehead atoms. The average molecular weight is 281 g/mol. The van der Waals surface area contributed by atoms with Crippen molar-refractivity contribution in [2.45, 2.75) is 51.1 Å². The molecule has 19 heavy (non-hydrogen) atoms. The summed E-state index contributed by atoms with van der Waals surface area (Å²) in [6, 6.07) is 9.08. The molecule has 3 heteroatoms. The molecule has 1 fully saturated rings. The van der Waals surface area contributed by atoms with E-state index in [4.69, 9.17) is 17.3 Å². The molecule has 2 nitrogen and oxygen atoms in total. The summed E-state index contributed by atoms with van der Waals surface area (Å²) in [6.45, 7) is 4.06. The van der Waals surface area contributed by atoms with Gasteiger partial charge in [0.2, 0.25) is 0 Å². The molecule has 1 saturated heterocycles. The third-order valence-corrected chi connectivity index (χ3v) is 4.53. The second-order valence-electron chi connectivity index (χ2n) is 5.45. The van der Waals surface area contributed by atoms with E-state index in [0.717, 1.165) is 11.6 Å². The maximum Gasteiger partial charge on any atom is 0.0488 e. The van der Waals surface area contributed by atoms with E-state index in [1.807, 2.05) is 12.1 Å². The summed E-state index contributed by atoms with van der Waals surface area (Å²) in [5.74, 6) is 0. The van der Waals surface area contributed by atoms with Gasteiger partial charge in [-0.05, 0) is 37.4 Å². The first-order valence-corrected chi connectivity index (χ1v) is 7.86. The highest BCUT2D eigenvalue weighted by Crippen LogP contribution is 2.33. The van der Waals surface area contributed by atoms with Gasteiger partial charge in [0.05, 0.1) is 0 Å². The standard InChI is InChI=1S/C16H25ClN2/c1-2-7-13-8-5-6-11-19(13)16(12-18)14-9-3-4-10-15(14)17/h3-4,9-10,13,16H,2,5-8,11-12,18H2,1H3. The lowest BCUT2D eigenvalue weighted by atomic mass is 9.93. The van der Waals surface area contributed by atoms with Crippen LogP contribution in [0.2, 0.25) is 5.02 Å². The molecule has 2 atom stereocenters. The van der Waals surface area contributed by atoms with Crippen LogP contribution in [-0.4, -0.2) is 24.0 Å². The van der Waals surface area contributed by atoms with Gasteiger partial charge in [0.25, 0.3) is 0 Å². The number of hydrogen-bond donors (Lipinski definition) is 1. The van der Waals surface area contributed by atoms with Crippen LogP contribution < -0.4 is 5.73 Å². The van der Waals surface area contributed by atoms with E-state index in [9.17, 15) is 0 Å². The quantitative estimate of drug-likeness (QED) is 0.883. The highest BCUT2D eigenvalue weighted by Gasteiger charge is 2.29. The van der Waals surface area contributed by atoms with Gasteiger partial charge in [-0.15, -0.1) is 0 Å². The van der Waals surface area contributed by atoms with E-state index >= 15 is 0 Å². The minimum Gasteiger partial charge on any atom is -0.329 e. The van der Waals surface area contributed by atoms with Crippen molar-refractivity contribution in [1.82, 2.24) is 4.90 Å². The summed E-state index contributed by atoms with van der Waals surface area (Å²) in [4.78, 5) is 2.59. The predicted octanol–water partition coefficient (Wildman–Crippen LogP) is 3.99. The van der Waals surface area contributed by atoms with Crippen molar-refractivity contribution in [2.24, 2.45) is 5.73 Å². The first-order valence-electron chi connectivity index (χ1n) is 7.48. The zero-order valence-corrected chi connectivity index (χ0v) is 12.6. The van der Waals surface area contributed by atoms with Crippen molar-refractivity contribution in [2.75, 3.05) is 13.1 Å². The average Bonchev–Trinajstić information content (AvgIpc) is 2.44. The minimum atomic E-state index is 0.269. The first-order chi connectivity index (χ1) is 9.27. The number of nitrogens with two attached hydrogens (primary N) is 1. The van der Waals surface area contributed by atoms with Crippen LogP contribution in [0.4, 0.5) is 0 Å². The molecule has 0 aromatic heterocycles. The lowest BCUT2D eigenvalue weighted by molar-refractivity contribution is 0.0913. The number of benzene rings is 1. The minimum absolute atomic E-state index is 0.269. The summed E-state index contributed by atoms with van der Waals surface area (Å²) in [6.07, 6.45) is 6.43. The van der Waals surface area contributed by atoms with Gasteiger partial charge in [-0.2, -0.15) is 0 Å². The number of nitrogens with zero attached hydrogens (tertiary/aromatic N) is 1. The molecule has 1 aromatic rings. The fourth-order valence-corrected chi connectivity index (χ4v) is 3.52. The van der Waals surface area contributed by atoms with Crippen LogP contribution in [0.1, 0.15) is 50.6 Å². The first kappa shape index (κ1) is 14.8. The Balaban J connectivity index is 2.22. The molecule has 0 aliphatic carbocycles. The third kappa shape index (κ3) is 3.50. The molecule has 2 rings (SSSR count). The molecule has 0 saturated carbocycles. The van der Waals surface area contributed by atoms with Crippen molar-refractivity contribution in [3.8, 4) is 0 Å². The van der Waals surface area contributed by atoms with Crippen molar-refractivity contribution in [3.05, 3.63) is 34.9 Å². The van der Waals surface area contributed by atoms with Crippen molar-refractivity contribution >= 4 is 11.6 Å². The zero-order valence-electron chi connectivity index (χ0n) is 11.8. The monoisotopic (exact) mass is 280 g/mol. The molecular weight excluding hydrogens is 256 g/mol. The Morgan fingerprint density at radius 2 is 2.16 bits per heavy atom. The van der Waals surface area contributed by atoms with E-state index in [1.165, 1.54) is 37.7 Å². The molecule has 2 N–H and O–H groups in total. The van der Waals surface area contributed by atoms with Gasteiger partial charge in [0.1, 0.15) is 0 Å². The topological polar surface area (TPSA) is 29.3 Å². The van der Waals surface area contributed by atoms with Gasteiger partial charge in [0, 0.05) is 23.7 Å². The number of hydrogen-bond acceptors (Lipinski definition) is 2. The lowest BCUT2D eigenvalue weighted by Gasteiger charge is -2.41. The van der Waals surface area contributed by atoms with Crippen LogP contribution in [0.25, 0.3) is 0 Å². The van der Waals surface area contributed by atoms with E-state index in [2.05, 4.69) is 24.0 Å². The highest BCUT2D eigenvalue weighted by molar-refractivity contribution is 6.31. The fourth-order valence-electron chi connectivity index (χ4n) is 3.26. The van der Waals surface area contributed by atoms with Crippen LogP contribution in [0.5, 0.6) is 0 Å². The molecule has 0 amide bonds. The smallest absolute Gasteiger partial charge is 0.0488 e. The molecule has 1 heterocycles. The van der Waals surface area contributed by atoms with Gasteiger partial charge in [-0.3, -0.25) is 4.90 Å². The van der Waals surface area contributed by atoms with Crippen LogP contribution in [0, 0.1) is 0 Å². The second-order valence-corrected chi connectivity index (χ2v) is 5.86. The number of rotatable bonds is 5. The van der Waals surface area contributed by atoms with E-state index < -0.39 is 0 Å². The van der Waals surface area contributed by atoms with Gasteiger partial charge < -0.3 is 5.73 Å². The van der Waals surface area contributed by atoms with E-state index in [0.29, 0.717) is 12.6 Å². The van der Waals surface area contributed by atoms with Crippen molar-refractivity contribution < 1.29 is 0 Å². The summed E-state index contributed by atoms with van der Waals surface area (Å²) in [5, 5.41) is 0.846. The Labute approximate surface area is 121 Å². The third-order valence-electron chi connectivity index (χ3n) is 4.18. The Morgan fingerprint density at radius 1 is 1.37 bits per heavy atom. The van der Waals surface area contributed by atoms with Crippen LogP contribution in [-0.2, 0) is 0 Å². The van der Waals surface area contributed by atoms with Gasteiger partial charge >= 0.3 is 0 Å². The number of piperidine rings is 1. The van der Waals surface area contributed by atoms with Gasteiger partial charge in [0.15, 0.2) is 0 Å². The molecule has 2 unspecified atom stereocenters. The molecule has 1 aliphatic heterocycles. The van der Waals surface area contributed by atoms with Crippen LogP contribution in [0.15, 0.2) is 24.3 Å². The number of halogens is 1. The Hall–Kier alpha value is -0.570. The largest absolute Gasteiger partial charge is 0.329 e. The fraction of sp³-hybridized carbons (Fsp3) is 0.625. The summed E-state index contributed by atoms with van der Waals surface area (Å²) >= 11 is 6.36. The molecular formula is C16H25ClN2. The van der Waals surface area contributed by atoms with Gasteiger partial charge in [-0.25, -0.2) is 0 Å². The second kappa shape index (κ2) is 7.28. The normalized spacial score (nSPS) is 22.4. The zero-order chi connectivity index (χ0) is 13.7. The van der Waals surface area contributed by atoms with Crippen LogP contribution >= 0.6 is 11.6 Å². The van der Waals surface area contributed by atoms with Crippen molar-refractivity contribution in [3.63, 3.8) is 0 Å². The predicted molar refractivity (Wildman–Crippen MR) is 82.5 cm³/mol. The maximum absolute atomic E-state index is 6.36. The number of likely N-dealkylation sites (tertiary alicyclic amines) is 1. The van der Waals surface area contributed by atoms with Gasteiger partial charge in [-0.1, -0.05) is 49.6 Å². The maximum atomic E-state index is 6.36. The van der Waals surface area contributed by atoms with Crippen LogP contribution in [0.3, 0.4) is 0 Å². The summed E-state index contributed by atoms with van der Waals surface area (Å²) < 4.78 is 0. The Morgan fingerprint density at radius 3 is 2.84 bits per heavy atom. The molecule has 0 spiro atoms. The Kier molecular flexibility index (Phi) is 5.68. The summed E-state index contributed by atoms with van der Waals surface area (Å²) in [7, 11) is 0. The highest BCUT2D eigenvalue weighted by atomic mass is 35.5. The molecule has 1 aromatic carbocycles. The molecule has 0 radical (unpaired) electrons. The Bertz CT molecular complexity index is 392.